The maximum Gasteiger partial charge on any atom is 0.326 e. The first-order chi connectivity index (χ1) is 9.13. The number of amides is 1. The molecule has 2 rings (SSSR count). The van der Waals surface area contributed by atoms with E-state index in [9.17, 15) is 14.4 Å². The lowest BCUT2D eigenvalue weighted by Gasteiger charge is -2.11. The zero-order valence-electron chi connectivity index (χ0n) is 10.3. The van der Waals surface area contributed by atoms with E-state index >= 15 is 0 Å². The minimum absolute atomic E-state index is 0.305. The number of hydrogen-bond acceptors (Lipinski definition) is 5. The molecule has 1 aromatic carbocycles. The molecule has 0 radical (unpaired) electrons. The highest BCUT2D eigenvalue weighted by molar-refractivity contribution is 8.02. The number of rotatable bonds is 3. The van der Waals surface area contributed by atoms with Gasteiger partial charge in [0.2, 0.25) is 0 Å². The molecule has 0 aromatic heterocycles. The lowest BCUT2D eigenvalue weighted by atomic mass is 10.1. The summed E-state index contributed by atoms with van der Waals surface area (Å²) in [4.78, 5) is 35.2. The van der Waals surface area contributed by atoms with Gasteiger partial charge in [-0.2, -0.15) is 0 Å². The molecule has 1 amide bonds. The molecule has 5 nitrogen and oxygen atoms in total. The fourth-order valence-electron chi connectivity index (χ4n) is 1.77. The summed E-state index contributed by atoms with van der Waals surface area (Å²) in [6, 6.07) is 8.00. The summed E-state index contributed by atoms with van der Waals surface area (Å²) in [6.07, 6.45) is 0. The van der Waals surface area contributed by atoms with Crippen molar-refractivity contribution in [3.8, 4) is 0 Å². The van der Waals surface area contributed by atoms with Crippen LogP contribution in [0, 0.1) is 0 Å². The van der Waals surface area contributed by atoms with Crippen molar-refractivity contribution < 1.29 is 19.1 Å². The first kappa shape index (κ1) is 13.6. The number of carbonyl (C=O) groups is 3. The third kappa shape index (κ3) is 2.96. The standard InChI is InChI=1S/C13H13NO4S/c1-18-13(17)11-10(15)9(7-19-11)14-12(16)8-5-3-2-4-6-8/h2-6,9,11H,7H2,1H3,(H,14,16). The van der Waals surface area contributed by atoms with Gasteiger partial charge in [-0.25, -0.2) is 0 Å². The maximum atomic E-state index is 11.9. The van der Waals surface area contributed by atoms with E-state index in [1.807, 2.05) is 0 Å². The molecule has 1 aliphatic rings. The number of hydrogen-bond donors (Lipinski definition) is 1. The van der Waals surface area contributed by atoms with E-state index in [2.05, 4.69) is 10.1 Å². The summed E-state index contributed by atoms with van der Waals surface area (Å²) in [5, 5.41) is 1.81. The molecular weight excluding hydrogens is 266 g/mol. The van der Waals surface area contributed by atoms with Gasteiger partial charge in [-0.05, 0) is 12.1 Å². The molecule has 0 spiro atoms. The van der Waals surface area contributed by atoms with E-state index in [1.165, 1.54) is 18.9 Å². The topological polar surface area (TPSA) is 72.5 Å². The summed E-state index contributed by atoms with van der Waals surface area (Å²) in [6.45, 7) is 0. The number of ether oxygens (including phenoxy) is 1. The Hall–Kier alpha value is -1.82. The number of nitrogens with one attached hydrogen (secondary N) is 1. The van der Waals surface area contributed by atoms with Crippen molar-refractivity contribution in [2.24, 2.45) is 0 Å². The van der Waals surface area contributed by atoms with Crippen molar-refractivity contribution in [1.82, 2.24) is 5.32 Å². The summed E-state index contributed by atoms with van der Waals surface area (Å²) in [5.74, 6) is -0.797. The Kier molecular flexibility index (Phi) is 4.21. The summed E-state index contributed by atoms with van der Waals surface area (Å²) in [7, 11) is 1.24. The van der Waals surface area contributed by atoms with Crippen molar-refractivity contribution in [1.29, 1.82) is 0 Å². The fourth-order valence-corrected chi connectivity index (χ4v) is 2.97. The van der Waals surface area contributed by atoms with Gasteiger partial charge in [0.15, 0.2) is 11.0 Å². The maximum absolute atomic E-state index is 11.9. The number of esters is 1. The van der Waals surface area contributed by atoms with Gasteiger partial charge in [0.1, 0.15) is 0 Å². The highest BCUT2D eigenvalue weighted by Gasteiger charge is 2.41. The van der Waals surface area contributed by atoms with Crippen LogP contribution in [0.15, 0.2) is 30.3 Å². The Morgan fingerprint density at radius 1 is 1.32 bits per heavy atom. The molecule has 19 heavy (non-hydrogen) atoms. The van der Waals surface area contributed by atoms with E-state index in [0.717, 1.165) is 0 Å². The van der Waals surface area contributed by atoms with Crippen LogP contribution in [0.2, 0.25) is 0 Å². The van der Waals surface area contributed by atoms with Crippen LogP contribution in [0.3, 0.4) is 0 Å². The molecule has 1 saturated heterocycles. The SMILES string of the molecule is COC(=O)C1SCC(NC(=O)c2ccccc2)C1=O. The molecule has 0 saturated carbocycles. The predicted molar refractivity (Wildman–Crippen MR) is 71.0 cm³/mol. The number of thioether (sulfide) groups is 1. The van der Waals surface area contributed by atoms with Gasteiger partial charge in [-0.1, -0.05) is 18.2 Å². The van der Waals surface area contributed by atoms with Gasteiger partial charge in [-0.15, -0.1) is 11.8 Å². The second kappa shape index (κ2) is 5.88. The quantitative estimate of drug-likeness (QED) is 0.649. The molecule has 1 heterocycles. The number of Topliss-reactive ketones (excluding diaryl/α,β-unsaturated/α-hetero) is 1. The van der Waals surface area contributed by atoms with E-state index in [0.29, 0.717) is 11.3 Å². The molecular formula is C13H13NO4S. The molecule has 0 aliphatic carbocycles. The Labute approximate surface area is 114 Å². The van der Waals surface area contributed by atoms with E-state index in [-0.39, 0.29) is 11.7 Å². The van der Waals surface area contributed by atoms with Crippen molar-refractivity contribution in [2.75, 3.05) is 12.9 Å². The van der Waals surface area contributed by atoms with Crippen LogP contribution >= 0.6 is 11.8 Å². The van der Waals surface area contributed by atoms with Crippen molar-refractivity contribution in [3.63, 3.8) is 0 Å². The van der Waals surface area contributed by atoms with Gasteiger partial charge in [0, 0.05) is 11.3 Å². The molecule has 100 valence electrons. The lowest BCUT2D eigenvalue weighted by molar-refractivity contribution is -0.142. The largest absolute Gasteiger partial charge is 0.468 e. The molecule has 6 heteroatoms. The minimum atomic E-state index is -0.828. The Bertz CT molecular complexity index is 503. The van der Waals surface area contributed by atoms with E-state index in [1.54, 1.807) is 30.3 Å². The first-order valence-electron chi connectivity index (χ1n) is 5.72. The molecule has 2 unspecified atom stereocenters. The van der Waals surface area contributed by atoms with Crippen LogP contribution < -0.4 is 5.32 Å². The van der Waals surface area contributed by atoms with Crippen molar-refractivity contribution in [3.05, 3.63) is 35.9 Å². The van der Waals surface area contributed by atoms with Crippen LogP contribution in [-0.2, 0) is 14.3 Å². The number of carbonyl (C=O) groups excluding carboxylic acids is 3. The molecule has 1 fully saturated rings. The Morgan fingerprint density at radius 3 is 2.63 bits per heavy atom. The minimum Gasteiger partial charge on any atom is -0.468 e. The molecule has 1 aromatic rings. The van der Waals surface area contributed by atoms with Crippen molar-refractivity contribution >= 4 is 29.4 Å². The zero-order valence-corrected chi connectivity index (χ0v) is 11.1. The van der Waals surface area contributed by atoms with Gasteiger partial charge < -0.3 is 10.1 Å². The van der Waals surface area contributed by atoms with Crippen molar-refractivity contribution in [2.45, 2.75) is 11.3 Å². The average Bonchev–Trinajstić information content (AvgIpc) is 2.80. The van der Waals surface area contributed by atoms with Crippen LogP contribution in [0.25, 0.3) is 0 Å². The number of methoxy groups -OCH3 is 1. The third-order valence-electron chi connectivity index (χ3n) is 2.79. The fraction of sp³-hybridized carbons (Fsp3) is 0.308. The second-order valence-electron chi connectivity index (χ2n) is 4.03. The first-order valence-corrected chi connectivity index (χ1v) is 6.77. The lowest BCUT2D eigenvalue weighted by Crippen LogP contribution is -2.42. The summed E-state index contributed by atoms with van der Waals surface area (Å²) < 4.78 is 4.55. The summed E-state index contributed by atoms with van der Waals surface area (Å²) in [5.41, 5.74) is 0.488. The Balaban J connectivity index is 2.00. The highest BCUT2D eigenvalue weighted by Crippen LogP contribution is 2.24. The smallest absolute Gasteiger partial charge is 0.326 e. The third-order valence-corrected chi connectivity index (χ3v) is 4.07. The second-order valence-corrected chi connectivity index (χ2v) is 5.17. The predicted octanol–water partition coefficient (Wildman–Crippen LogP) is 0.642. The normalized spacial score (nSPS) is 22.1. The molecule has 0 bridgehead atoms. The molecule has 1 aliphatic heterocycles. The van der Waals surface area contributed by atoms with Gasteiger partial charge in [0.25, 0.3) is 5.91 Å². The highest BCUT2D eigenvalue weighted by atomic mass is 32.2. The van der Waals surface area contributed by atoms with Gasteiger partial charge >= 0.3 is 5.97 Å². The summed E-state index contributed by atoms with van der Waals surface area (Å²) >= 11 is 1.19. The van der Waals surface area contributed by atoms with Gasteiger partial charge in [-0.3, -0.25) is 14.4 Å². The Morgan fingerprint density at radius 2 is 2.00 bits per heavy atom. The number of ketones is 1. The molecule has 2 atom stereocenters. The van der Waals surface area contributed by atoms with E-state index < -0.39 is 17.3 Å². The van der Waals surface area contributed by atoms with Crippen LogP contribution in [0.1, 0.15) is 10.4 Å². The van der Waals surface area contributed by atoms with E-state index in [4.69, 9.17) is 0 Å². The van der Waals surface area contributed by atoms with Crippen LogP contribution in [0.4, 0.5) is 0 Å². The van der Waals surface area contributed by atoms with Crippen LogP contribution in [0.5, 0.6) is 0 Å². The monoisotopic (exact) mass is 279 g/mol. The number of benzene rings is 1. The zero-order chi connectivity index (χ0) is 13.8. The molecule has 1 N–H and O–H groups in total. The van der Waals surface area contributed by atoms with Gasteiger partial charge in [0.05, 0.1) is 13.2 Å². The average molecular weight is 279 g/mol. The van der Waals surface area contributed by atoms with Crippen LogP contribution in [-0.4, -0.2) is 41.8 Å².